The Balaban J connectivity index is 2.48. The van der Waals surface area contributed by atoms with Crippen molar-refractivity contribution in [2.45, 2.75) is 12.5 Å². The molecule has 1 heterocycles. The fraction of sp³-hybridized carbons (Fsp3) is 0.333. The second kappa shape index (κ2) is 2.44. The van der Waals surface area contributed by atoms with Crippen molar-refractivity contribution >= 4 is 11.6 Å². The minimum absolute atomic E-state index is 0.186. The molecule has 1 aliphatic heterocycles. The van der Waals surface area contributed by atoms with E-state index in [-0.39, 0.29) is 11.4 Å². The molecule has 1 fully saturated rings. The summed E-state index contributed by atoms with van der Waals surface area (Å²) in [7, 11) is 0. The van der Waals surface area contributed by atoms with Crippen molar-refractivity contribution in [1.82, 2.24) is 5.32 Å². The van der Waals surface area contributed by atoms with Gasteiger partial charge in [0, 0.05) is 17.1 Å². The van der Waals surface area contributed by atoms with Gasteiger partial charge in [-0.05, 0) is 25.1 Å². The van der Waals surface area contributed by atoms with Crippen LogP contribution in [0.4, 0.5) is 4.39 Å². The highest BCUT2D eigenvalue weighted by atomic mass is 35.5. The Labute approximate surface area is 75.5 Å². The molecular weight excluding hydrogens is 177 g/mol. The lowest BCUT2D eigenvalue weighted by molar-refractivity contribution is 0.583. The summed E-state index contributed by atoms with van der Waals surface area (Å²) in [6, 6.07) is 4.64. The number of nitrogens with one attached hydrogen (secondary N) is 1. The van der Waals surface area contributed by atoms with Crippen LogP contribution in [0.1, 0.15) is 12.5 Å². The molecule has 0 aliphatic carbocycles. The van der Waals surface area contributed by atoms with E-state index >= 15 is 0 Å². The van der Waals surface area contributed by atoms with E-state index in [2.05, 4.69) is 5.32 Å². The first-order chi connectivity index (χ1) is 5.62. The van der Waals surface area contributed by atoms with Crippen molar-refractivity contribution in [3.8, 4) is 0 Å². The molecule has 1 aromatic rings. The number of rotatable bonds is 1. The highest BCUT2D eigenvalue weighted by Crippen LogP contribution is 2.33. The molecule has 2 rings (SSSR count). The molecule has 0 amide bonds. The summed E-state index contributed by atoms with van der Waals surface area (Å²) in [6.45, 7) is 2.78. The zero-order valence-electron chi connectivity index (χ0n) is 6.70. The van der Waals surface area contributed by atoms with Crippen molar-refractivity contribution in [1.29, 1.82) is 0 Å². The van der Waals surface area contributed by atoms with Gasteiger partial charge >= 0.3 is 0 Å². The summed E-state index contributed by atoms with van der Waals surface area (Å²) in [4.78, 5) is 0. The Morgan fingerprint density at radius 2 is 2.25 bits per heavy atom. The third-order valence-electron chi connectivity index (χ3n) is 2.23. The van der Waals surface area contributed by atoms with Gasteiger partial charge in [-0.2, -0.15) is 0 Å². The van der Waals surface area contributed by atoms with Gasteiger partial charge in [0.15, 0.2) is 0 Å². The first kappa shape index (κ1) is 8.02. The maximum Gasteiger partial charge on any atom is 0.128 e. The first-order valence-corrected chi connectivity index (χ1v) is 4.20. The monoisotopic (exact) mass is 185 g/mol. The summed E-state index contributed by atoms with van der Waals surface area (Å²) in [6.07, 6.45) is 0. The van der Waals surface area contributed by atoms with Crippen LogP contribution in [0.3, 0.4) is 0 Å². The van der Waals surface area contributed by atoms with Crippen molar-refractivity contribution in [2.75, 3.05) is 6.54 Å². The SMILES string of the molecule is CC1(c2cc(Cl)ccc2F)CN1. The average molecular weight is 186 g/mol. The van der Waals surface area contributed by atoms with Gasteiger partial charge in [-0.1, -0.05) is 11.6 Å². The highest BCUT2D eigenvalue weighted by molar-refractivity contribution is 6.30. The first-order valence-electron chi connectivity index (χ1n) is 3.82. The van der Waals surface area contributed by atoms with Gasteiger partial charge in [-0.15, -0.1) is 0 Å². The summed E-state index contributed by atoms with van der Waals surface area (Å²) in [5, 5.41) is 3.68. The van der Waals surface area contributed by atoms with Crippen molar-refractivity contribution < 1.29 is 4.39 Å². The van der Waals surface area contributed by atoms with Crippen molar-refractivity contribution in [3.05, 3.63) is 34.6 Å². The normalized spacial score (nSPS) is 27.2. The van der Waals surface area contributed by atoms with Gasteiger partial charge in [0.1, 0.15) is 5.82 Å². The fourth-order valence-corrected chi connectivity index (χ4v) is 1.42. The lowest BCUT2D eigenvalue weighted by Crippen LogP contribution is -2.09. The molecule has 1 unspecified atom stereocenters. The minimum atomic E-state index is -0.188. The van der Waals surface area contributed by atoms with Crippen LogP contribution in [-0.2, 0) is 5.54 Å². The van der Waals surface area contributed by atoms with E-state index in [0.29, 0.717) is 10.6 Å². The molecule has 3 heteroatoms. The Morgan fingerprint density at radius 1 is 1.58 bits per heavy atom. The van der Waals surface area contributed by atoms with E-state index in [1.54, 1.807) is 12.1 Å². The summed E-state index contributed by atoms with van der Waals surface area (Å²) in [5.74, 6) is -0.188. The van der Waals surface area contributed by atoms with Gasteiger partial charge in [-0.3, -0.25) is 0 Å². The van der Waals surface area contributed by atoms with Gasteiger partial charge in [0.25, 0.3) is 0 Å². The molecule has 0 radical (unpaired) electrons. The van der Waals surface area contributed by atoms with Gasteiger partial charge in [-0.25, -0.2) is 4.39 Å². The molecule has 1 nitrogen and oxygen atoms in total. The molecular formula is C9H9ClFN. The predicted octanol–water partition coefficient (Wildman–Crippen LogP) is 2.30. The predicted molar refractivity (Wildman–Crippen MR) is 46.8 cm³/mol. The van der Waals surface area contributed by atoms with Crippen LogP contribution in [-0.4, -0.2) is 6.54 Å². The van der Waals surface area contributed by atoms with Crippen LogP contribution in [0.25, 0.3) is 0 Å². The summed E-state index contributed by atoms with van der Waals surface area (Å²) < 4.78 is 13.2. The van der Waals surface area contributed by atoms with Crippen LogP contribution < -0.4 is 5.32 Å². The molecule has 1 N–H and O–H groups in total. The van der Waals surface area contributed by atoms with Crippen LogP contribution in [0.15, 0.2) is 18.2 Å². The second-order valence-corrected chi connectivity index (χ2v) is 3.75. The van der Waals surface area contributed by atoms with E-state index in [1.165, 1.54) is 6.07 Å². The molecule has 0 bridgehead atoms. The topological polar surface area (TPSA) is 21.9 Å². The van der Waals surface area contributed by atoms with Crippen LogP contribution >= 0.6 is 11.6 Å². The van der Waals surface area contributed by atoms with E-state index in [4.69, 9.17) is 11.6 Å². The number of benzene rings is 1. The van der Waals surface area contributed by atoms with E-state index in [9.17, 15) is 4.39 Å². The van der Waals surface area contributed by atoms with Crippen molar-refractivity contribution in [3.63, 3.8) is 0 Å². The number of hydrogen-bond acceptors (Lipinski definition) is 1. The smallest absolute Gasteiger partial charge is 0.128 e. The van der Waals surface area contributed by atoms with Gasteiger partial charge in [0.05, 0.1) is 5.54 Å². The zero-order chi connectivity index (χ0) is 8.77. The lowest BCUT2D eigenvalue weighted by atomic mass is 10.0. The van der Waals surface area contributed by atoms with Crippen LogP contribution in [0, 0.1) is 5.82 Å². The largest absolute Gasteiger partial charge is 0.304 e. The third-order valence-corrected chi connectivity index (χ3v) is 2.47. The molecule has 0 aromatic heterocycles. The van der Waals surface area contributed by atoms with Crippen LogP contribution in [0.5, 0.6) is 0 Å². The molecule has 1 aliphatic rings. The number of hydrogen-bond donors (Lipinski definition) is 1. The molecule has 1 saturated heterocycles. The maximum absolute atomic E-state index is 13.2. The van der Waals surface area contributed by atoms with Gasteiger partial charge < -0.3 is 5.32 Å². The Morgan fingerprint density at radius 3 is 2.83 bits per heavy atom. The minimum Gasteiger partial charge on any atom is -0.304 e. The standard InChI is InChI=1S/C9H9ClFN/c1-9(5-12-9)7-4-6(10)2-3-8(7)11/h2-4,12H,5H2,1H3. The summed E-state index contributed by atoms with van der Waals surface area (Å²) >= 11 is 5.76. The van der Waals surface area contributed by atoms with E-state index in [0.717, 1.165) is 6.54 Å². The molecule has 0 spiro atoms. The van der Waals surface area contributed by atoms with Crippen molar-refractivity contribution in [2.24, 2.45) is 0 Å². The molecule has 1 atom stereocenters. The molecule has 12 heavy (non-hydrogen) atoms. The molecule has 64 valence electrons. The molecule has 1 aromatic carbocycles. The Hall–Kier alpha value is -0.600. The summed E-state index contributed by atoms with van der Waals surface area (Å²) in [5.41, 5.74) is 0.477. The maximum atomic E-state index is 13.2. The van der Waals surface area contributed by atoms with E-state index in [1.807, 2.05) is 6.92 Å². The number of halogens is 2. The Kier molecular flexibility index (Phi) is 1.63. The highest BCUT2D eigenvalue weighted by Gasteiger charge is 2.40. The van der Waals surface area contributed by atoms with Gasteiger partial charge in [0.2, 0.25) is 0 Å². The van der Waals surface area contributed by atoms with E-state index < -0.39 is 0 Å². The third kappa shape index (κ3) is 1.21. The second-order valence-electron chi connectivity index (χ2n) is 3.31. The quantitative estimate of drug-likeness (QED) is 0.667. The average Bonchev–Trinajstić information content (AvgIpc) is 2.75. The van der Waals surface area contributed by atoms with Crippen LogP contribution in [0.2, 0.25) is 5.02 Å². The zero-order valence-corrected chi connectivity index (χ0v) is 7.45. The molecule has 0 saturated carbocycles. The fourth-order valence-electron chi connectivity index (χ4n) is 1.24. The Bertz CT molecular complexity index is 320. The lowest BCUT2D eigenvalue weighted by Gasteiger charge is -2.08.